The summed E-state index contributed by atoms with van der Waals surface area (Å²) >= 11 is 3.34. The third-order valence-corrected chi connectivity index (χ3v) is 5.93. The van der Waals surface area contributed by atoms with E-state index in [1.165, 1.54) is 4.90 Å². The molecule has 158 valence electrons. The molecule has 2 rings (SSSR count). The quantitative estimate of drug-likeness (QED) is 0.661. The number of rotatable bonds is 4. The van der Waals surface area contributed by atoms with Gasteiger partial charge in [0, 0.05) is 17.1 Å². The van der Waals surface area contributed by atoms with Crippen molar-refractivity contribution in [1.82, 2.24) is 9.62 Å². The second kappa shape index (κ2) is 8.19. The summed E-state index contributed by atoms with van der Waals surface area (Å²) in [6.07, 6.45) is -0.298. The van der Waals surface area contributed by atoms with Gasteiger partial charge in [-0.15, -0.1) is 0 Å². The number of hydrogen-bond acceptors (Lipinski definition) is 4. The highest BCUT2D eigenvalue weighted by atomic mass is 79.9. The number of ether oxygens (including phenoxy) is 1. The van der Waals surface area contributed by atoms with Crippen LogP contribution in [-0.2, 0) is 21.1 Å². The van der Waals surface area contributed by atoms with E-state index in [0.717, 1.165) is 10.0 Å². The number of carbonyl (C=O) groups excluding carboxylic acids is 1. The molecule has 0 saturated carbocycles. The van der Waals surface area contributed by atoms with E-state index >= 15 is 0 Å². The zero-order valence-corrected chi connectivity index (χ0v) is 18.1. The van der Waals surface area contributed by atoms with Gasteiger partial charge < -0.3 is 9.64 Å². The normalized spacial score (nSPS) is 22.8. The first-order chi connectivity index (χ1) is 12.7. The third-order valence-electron chi connectivity index (χ3n) is 4.15. The molecule has 1 aromatic rings. The van der Waals surface area contributed by atoms with Crippen molar-refractivity contribution >= 4 is 31.9 Å². The summed E-state index contributed by atoms with van der Waals surface area (Å²) in [4.78, 5) is 13.9. The predicted molar refractivity (Wildman–Crippen MR) is 103 cm³/mol. The standard InChI is InChI=1S/C17H23BrF3N3O3S/c1-16(2,3)27-15(25)24-8-7-13(23-28(22,26)17(19,20)21)14(24)10-11-5-4-6-12(18)9-11/h4-6,9,13-14H,7-8,10H2,1-3H3,(H2,22,23,26)/t13-,14-,28?/m0/s1. The lowest BCUT2D eigenvalue weighted by atomic mass is 10.0. The van der Waals surface area contributed by atoms with Crippen LogP contribution in [0.3, 0.4) is 0 Å². The van der Waals surface area contributed by atoms with Gasteiger partial charge in [0.1, 0.15) is 5.60 Å². The number of benzene rings is 1. The van der Waals surface area contributed by atoms with Crippen molar-refractivity contribution in [3.8, 4) is 0 Å². The molecule has 1 amide bonds. The summed E-state index contributed by atoms with van der Waals surface area (Å²) in [7, 11) is -5.04. The van der Waals surface area contributed by atoms with E-state index in [2.05, 4.69) is 15.9 Å². The van der Waals surface area contributed by atoms with Crippen LogP contribution in [-0.4, -0.2) is 44.9 Å². The van der Waals surface area contributed by atoms with Crippen LogP contribution in [0, 0.1) is 4.78 Å². The number of nitrogens with one attached hydrogen (secondary N) is 2. The Morgan fingerprint density at radius 1 is 1.39 bits per heavy atom. The minimum Gasteiger partial charge on any atom is -0.444 e. The molecular formula is C17H23BrF3N3O3S. The maximum Gasteiger partial charge on any atom is 0.492 e. The molecule has 1 aliphatic heterocycles. The Labute approximate surface area is 171 Å². The molecule has 0 radical (unpaired) electrons. The number of carbonyl (C=O) groups is 1. The van der Waals surface area contributed by atoms with Gasteiger partial charge in [0.25, 0.3) is 0 Å². The molecule has 1 fully saturated rings. The van der Waals surface area contributed by atoms with Gasteiger partial charge in [0.15, 0.2) is 0 Å². The molecule has 28 heavy (non-hydrogen) atoms. The van der Waals surface area contributed by atoms with Crippen LogP contribution >= 0.6 is 15.9 Å². The van der Waals surface area contributed by atoms with Gasteiger partial charge in [-0.2, -0.15) is 13.2 Å². The summed E-state index contributed by atoms with van der Waals surface area (Å²) in [5.74, 6) is 0. The smallest absolute Gasteiger partial charge is 0.444 e. The van der Waals surface area contributed by atoms with Crippen LogP contribution in [0.4, 0.5) is 18.0 Å². The summed E-state index contributed by atoms with van der Waals surface area (Å²) in [5, 5.41) is 0. The fraction of sp³-hybridized carbons (Fsp3) is 0.588. The number of nitrogens with zero attached hydrogens (tertiary/aromatic N) is 1. The van der Waals surface area contributed by atoms with E-state index in [9.17, 15) is 22.2 Å². The highest BCUT2D eigenvalue weighted by Crippen LogP contribution is 2.29. The topological polar surface area (TPSA) is 82.5 Å². The van der Waals surface area contributed by atoms with Crippen molar-refractivity contribution in [2.75, 3.05) is 6.54 Å². The molecule has 0 spiro atoms. The Hall–Kier alpha value is -1.33. The first-order valence-electron chi connectivity index (χ1n) is 8.56. The number of alkyl halides is 3. The van der Waals surface area contributed by atoms with Crippen LogP contribution in [0.25, 0.3) is 0 Å². The highest BCUT2D eigenvalue weighted by Gasteiger charge is 2.47. The Morgan fingerprint density at radius 2 is 2.04 bits per heavy atom. The van der Waals surface area contributed by atoms with Crippen LogP contribution in [0.15, 0.2) is 28.7 Å². The Balaban J connectivity index is 2.30. The lowest BCUT2D eigenvalue weighted by Gasteiger charge is -2.31. The van der Waals surface area contributed by atoms with Crippen molar-refractivity contribution in [2.45, 2.75) is 56.8 Å². The summed E-state index contributed by atoms with van der Waals surface area (Å²) in [6.45, 7) is 5.22. The van der Waals surface area contributed by atoms with Gasteiger partial charge in [-0.1, -0.05) is 28.1 Å². The molecule has 1 aliphatic rings. The minimum absolute atomic E-state index is 0.129. The van der Waals surface area contributed by atoms with E-state index < -0.39 is 39.2 Å². The van der Waals surface area contributed by atoms with Crippen molar-refractivity contribution in [3.05, 3.63) is 34.3 Å². The SMILES string of the molecule is CC(C)(C)OC(=O)N1CC[C@H](NS(=N)(=O)C(F)(F)F)[C@@H]1Cc1cccc(Br)c1. The molecule has 1 saturated heterocycles. The fourth-order valence-corrected chi connectivity index (χ4v) is 4.26. The van der Waals surface area contributed by atoms with E-state index in [0.29, 0.717) is 0 Å². The molecule has 11 heteroatoms. The van der Waals surface area contributed by atoms with Crippen molar-refractivity contribution < 1.29 is 26.9 Å². The van der Waals surface area contributed by atoms with Crippen LogP contribution < -0.4 is 4.72 Å². The van der Waals surface area contributed by atoms with E-state index in [1.807, 2.05) is 4.72 Å². The molecule has 2 N–H and O–H groups in total. The number of halogens is 4. The average Bonchev–Trinajstić information content (AvgIpc) is 2.86. The van der Waals surface area contributed by atoms with Crippen molar-refractivity contribution in [1.29, 1.82) is 4.78 Å². The molecule has 0 aliphatic carbocycles. The average molecular weight is 486 g/mol. The first kappa shape index (κ1) is 23.0. The number of likely N-dealkylation sites (tertiary alicyclic amines) is 1. The second-order valence-electron chi connectivity index (χ2n) is 7.59. The summed E-state index contributed by atoms with van der Waals surface area (Å²) in [5.41, 5.74) is -5.19. The molecule has 1 aromatic carbocycles. The van der Waals surface area contributed by atoms with Gasteiger partial charge in [0.2, 0.25) is 9.92 Å². The third kappa shape index (κ3) is 5.84. The maximum atomic E-state index is 12.9. The molecule has 3 atom stereocenters. The summed E-state index contributed by atoms with van der Waals surface area (Å²) in [6, 6.07) is 5.47. The number of hydrogen-bond donors (Lipinski definition) is 2. The van der Waals surface area contributed by atoms with Crippen LogP contribution in [0.5, 0.6) is 0 Å². The predicted octanol–water partition coefficient (Wildman–Crippen LogP) is 4.44. The fourth-order valence-electron chi connectivity index (χ4n) is 2.98. The molecule has 0 aromatic heterocycles. The zero-order chi connectivity index (χ0) is 21.3. The summed E-state index contributed by atoms with van der Waals surface area (Å²) < 4.78 is 65.9. The first-order valence-corrected chi connectivity index (χ1v) is 10.9. The molecule has 1 heterocycles. The molecular weight excluding hydrogens is 463 g/mol. The van der Waals surface area contributed by atoms with Crippen LogP contribution in [0.1, 0.15) is 32.8 Å². The van der Waals surface area contributed by atoms with Crippen molar-refractivity contribution in [2.24, 2.45) is 0 Å². The van der Waals surface area contributed by atoms with Crippen LogP contribution in [0.2, 0.25) is 0 Å². The minimum atomic E-state index is -5.20. The van der Waals surface area contributed by atoms with Gasteiger partial charge >= 0.3 is 11.6 Å². The van der Waals surface area contributed by atoms with Crippen molar-refractivity contribution in [3.63, 3.8) is 0 Å². The van der Waals surface area contributed by atoms with Gasteiger partial charge in [-0.3, -0.25) is 0 Å². The lowest BCUT2D eigenvalue weighted by Crippen LogP contribution is -2.51. The largest absolute Gasteiger partial charge is 0.492 e. The van der Waals surface area contributed by atoms with Gasteiger partial charge in [-0.05, 0) is 51.3 Å². The number of amides is 1. The molecule has 6 nitrogen and oxygen atoms in total. The zero-order valence-electron chi connectivity index (χ0n) is 15.7. The van der Waals surface area contributed by atoms with Gasteiger partial charge in [0.05, 0.1) is 6.04 Å². The van der Waals surface area contributed by atoms with E-state index in [1.54, 1.807) is 45.0 Å². The maximum absolute atomic E-state index is 12.9. The molecule has 1 unspecified atom stereocenters. The van der Waals surface area contributed by atoms with Gasteiger partial charge in [-0.25, -0.2) is 18.5 Å². The van der Waals surface area contributed by atoms with E-state index in [-0.39, 0.29) is 19.4 Å². The Bertz CT molecular complexity index is 825. The van der Waals surface area contributed by atoms with E-state index in [4.69, 9.17) is 9.52 Å². The monoisotopic (exact) mass is 485 g/mol. The highest BCUT2D eigenvalue weighted by molar-refractivity contribution is 9.10. The lowest BCUT2D eigenvalue weighted by molar-refractivity contribution is -0.0421. The second-order valence-corrected chi connectivity index (χ2v) is 10.3. The Morgan fingerprint density at radius 3 is 2.57 bits per heavy atom. The Kier molecular flexibility index (Phi) is 6.72. The molecule has 0 bridgehead atoms.